The van der Waals surface area contributed by atoms with Gasteiger partial charge < -0.3 is 9.15 Å². The van der Waals surface area contributed by atoms with Crippen LogP contribution in [0.4, 0.5) is 0 Å². The molecule has 4 heteroatoms. The van der Waals surface area contributed by atoms with Crippen LogP contribution in [0.25, 0.3) is 11.5 Å². The van der Waals surface area contributed by atoms with Gasteiger partial charge in [0.2, 0.25) is 5.89 Å². The van der Waals surface area contributed by atoms with Gasteiger partial charge in [0.15, 0.2) is 0 Å². The van der Waals surface area contributed by atoms with E-state index in [1.807, 2.05) is 37.3 Å². The molecule has 0 aliphatic carbocycles. The first kappa shape index (κ1) is 14.3. The molecule has 2 heterocycles. The molecule has 112 valence electrons. The molecule has 0 N–H and O–H groups in total. The molecule has 1 aliphatic heterocycles. The van der Waals surface area contributed by atoms with Gasteiger partial charge in [0.05, 0.1) is 18.4 Å². The SMILES string of the molecule is Cc1oc(-c2ccccc2)nc1CN1CC(C)OCC1C. The molecule has 1 saturated heterocycles. The molecular formula is C17H22N2O2. The van der Waals surface area contributed by atoms with Crippen LogP contribution < -0.4 is 0 Å². The smallest absolute Gasteiger partial charge is 0.226 e. The van der Waals surface area contributed by atoms with Gasteiger partial charge in [0, 0.05) is 24.7 Å². The summed E-state index contributed by atoms with van der Waals surface area (Å²) in [6.07, 6.45) is 0.280. The minimum atomic E-state index is 0.280. The molecule has 0 bridgehead atoms. The topological polar surface area (TPSA) is 38.5 Å². The monoisotopic (exact) mass is 286 g/mol. The number of benzene rings is 1. The highest BCUT2D eigenvalue weighted by atomic mass is 16.5. The van der Waals surface area contributed by atoms with Crippen molar-refractivity contribution >= 4 is 0 Å². The summed E-state index contributed by atoms with van der Waals surface area (Å²) in [6, 6.07) is 10.5. The van der Waals surface area contributed by atoms with Crippen molar-refractivity contribution in [1.82, 2.24) is 9.88 Å². The standard InChI is InChI=1S/C17H22N2O2/c1-12-11-20-13(2)9-19(12)10-16-14(3)21-17(18-16)15-7-5-4-6-8-15/h4-8,12-13H,9-11H2,1-3H3. The average Bonchev–Trinajstić information content (AvgIpc) is 2.85. The van der Waals surface area contributed by atoms with Crippen molar-refractivity contribution in [1.29, 1.82) is 0 Å². The molecule has 0 spiro atoms. The lowest BCUT2D eigenvalue weighted by Gasteiger charge is -2.36. The molecule has 3 rings (SSSR count). The molecule has 1 fully saturated rings. The average molecular weight is 286 g/mol. The van der Waals surface area contributed by atoms with Crippen LogP contribution in [0, 0.1) is 6.92 Å². The number of hydrogen-bond donors (Lipinski definition) is 0. The summed E-state index contributed by atoms with van der Waals surface area (Å²) in [4.78, 5) is 7.09. The summed E-state index contributed by atoms with van der Waals surface area (Å²) in [6.45, 7) is 8.83. The van der Waals surface area contributed by atoms with Crippen molar-refractivity contribution in [2.24, 2.45) is 0 Å². The third kappa shape index (κ3) is 3.17. The first-order valence-electron chi connectivity index (χ1n) is 7.51. The van der Waals surface area contributed by atoms with Crippen molar-refractivity contribution in [3.05, 3.63) is 41.8 Å². The summed E-state index contributed by atoms with van der Waals surface area (Å²) in [5, 5.41) is 0. The Morgan fingerprint density at radius 2 is 2.00 bits per heavy atom. The quantitative estimate of drug-likeness (QED) is 0.868. The van der Waals surface area contributed by atoms with E-state index in [4.69, 9.17) is 9.15 Å². The van der Waals surface area contributed by atoms with E-state index in [1.54, 1.807) is 0 Å². The zero-order valence-electron chi connectivity index (χ0n) is 12.9. The van der Waals surface area contributed by atoms with Gasteiger partial charge in [-0.25, -0.2) is 4.98 Å². The number of oxazole rings is 1. The second-order valence-corrected chi connectivity index (χ2v) is 5.81. The first-order chi connectivity index (χ1) is 10.1. The lowest BCUT2D eigenvalue weighted by atomic mass is 10.2. The molecule has 2 atom stereocenters. The Morgan fingerprint density at radius 1 is 1.24 bits per heavy atom. The third-order valence-corrected chi connectivity index (χ3v) is 4.00. The Hall–Kier alpha value is -1.65. The molecule has 0 radical (unpaired) electrons. The van der Waals surface area contributed by atoms with E-state index in [-0.39, 0.29) is 6.10 Å². The maximum Gasteiger partial charge on any atom is 0.226 e. The maximum absolute atomic E-state index is 5.84. The van der Waals surface area contributed by atoms with Crippen LogP contribution in [0.3, 0.4) is 0 Å². The van der Waals surface area contributed by atoms with E-state index in [2.05, 4.69) is 23.7 Å². The third-order valence-electron chi connectivity index (χ3n) is 4.00. The van der Waals surface area contributed by atoms with Gasteiger partial charge in [-0.05, 0) is 32.9 Å². The van der Waals surface area contributed by atoms with Gasteiger partial charge in [-0.2, -0.15) is 0 Å². The van der Waals surface area contributed by atoms with Crippen LogP contribution >= 0.6 is 0 Å². The molecular weight excluding hydrogens is 264 g/mol. The zero-order chi connectivity index (χ0) is 14.8. The number of nitrogens with zero attached hydrogens (tertiary/aromatic N) is 2. The van der Waals surface area contributed by atoms with Gasteiger partial charge >= 0.3 is 0 Å². The van der Waals surface area contributed by atoms with Crippen LogP contribution in [-0.4, -0.2) is 35.2 Å². The van der Waals surface area contributed by atoms with Crippen molar-refractivity contribution in [2.45, 2.75) is 39.5 Å². The fraction of sp³-hybridized carbons (Fsp3) is 0.471. The normalized spacial score (nSPS) is 23.4. The minimum Gasteiger partial charge on any atom is -0.441 e. The van der Waals surface area contributed by atoms with E-state index in [9.17, 15) is 0 Å². The molecule has 1 aliphatic rings. The van der Waals surface area contributed by atoms with E-state index in [0.717, 1.165) is 36.7 Å². The molecule has 2 unspecified atom stereocenters. The number of hydrogen-bond acceptors (Lipinski definition) is 4. The van der Waals surface area contributed by atoms with Gasteiger partial charge in [0.1, 0.15) is 5.76 Å². The largest absolute Gasteiger partial charge is 0.441 e. The lowest BCUT2D eigenvalue weighted by Crippen LogP contribution is -2.46. The first-order valence-corrected chi connectivity index (χ1v) is 7.51. The second-order valence-electron chi connectivity index (χ2n) is 5.81. The van der Waals surface area contributed by atoms with Crippen molar-refractivity contribution in [2.75, 3.05) is 13.2 Å². The molecule has 0 saturated carbocycles. The van der Waals surface area contributed by atoms with E-state index >= 15 is 0 Å². The van der Waals surface area contributed by atoms with Crippen LogP contribution in [0.5, 0.6) is 0 Å². The lowest BCUT2D eigenvalue weighted by molar-refractivity contribution is -0.0531. The summed E-state index contributed by atoms with van der Waals surface area (Å²) < 4.78 is 11.5. The van der Waals surface area contributed by atoms with E-state index < -0.39 is 0 Å². The number of aryl methyl sites for hydroxylation is 1. The Kier molecular flexibility index (Phi) is 4.08. The maximum atomic E-state index is 5.84. The Bertz CT molecular complexity index is 594. The molecule has 1 aromatic carbocycles. The molecule has 1 aromatic heterocycles. The molecule has 21 heavy (non-hydrogen) atoms. The van der Waals surface area contributed by atoms with Crippen molar-refractivity contribution in [3.8, 4) is 11.5 Å². The van der Waals surface area contributed by atoms with E-state index in [0.29, 0.717) is 11.9 Å². The van der Waals surface area contributed by atoms with Gasteiger partial charge in [-0.3, -0.25) is 4.90 Å². The fourth-order valence-corrected chi connectivity index (χ4v) is 2.66. The fourth-order valence-electron chi connectivity index (χ4n) is 2.66. The summed E-state index contributed by atoms with van der Waals surface area (Å²) in [5.74, 6) is 1.61. The van der Waals surface area contributed by atoms with Gasteiger partial charge in [-0.15, -0.1) is 0 Å². The molecule has 4 nitrogen and oxygen atoms in total. The highest BCUT2D eigenvalue weighted by Gasteiger charge is 2.25. The van der Waals surface area contributed by atoms with Crippen molar-refractivity contribution < 1.29 is 9.15 Å². The van der Waals surface area contributed by atoms with Crippen LogP contribution in [-0.2, 0) is 11.3 Å². The Balaban J connectivity index is 1.78. The highest BCUT2D eigenvalue weighted by Crippen LogP contribution is 2.23. The van der Waals surface area contributed by atoms with E-state index in [1.165, 1.54) is 0 Å². The highest BCUT2D eigenvalue weighted by molar-refractivity contribution is 5.53. The zero-order valence-corrected chi connectivity index (χ0v) is 12.9. The summed E-state index contributed by atoms with van der Waals surface area (Å²) in [7, 11) is 0. The minimum absolute atomic E-state index is 0.280. The molecule has 0 amide bonds. The number of ether oxygens (including phenoxy) is 1. The number of rotatable bonds is 3. The Morgan fingerprint density at radius 3 is 2.76 bits per heavy atom. The number of morpholine rings is 1. The van der Waals surface area contributed by atoms with Crippen LogP contribution in [0.2, 0.25) is 0 Å². The number of aromatic nitrogens is 1. The molecule has 2 aromatic rings. The summed E-state index contributed by atoms with van der Waals surface area (Å²) in [5.41, 5.74) is 2.05. The summed E-state index contributed by atoms with van der Waals surface area (Å²) >= 11 is 0. The van der Waals surface area contributed by atoms with Gasteiger partial charge in [0.25, 0.3) is 0 Å². The van der Waals surface area contributed by atoms with Crippen LogP contribution in [0.1, 0.15) is 25.3 Å². The Labute approximate surface area is 125 Å². The van der Waals surface area contributed by atoms with Crippen molar-refractivity contribution in [3.63, 3.8) is 0 Å². The van der Waals surface area contributed by atoms with Gasteiger partial charge in [-0.1, -0.05) is 18.2 Å². The predicted molar refractivity (Wildman–Crippen MR) is 82.0 cm³/mol. The second kappa shape index (κ2) is 6.00. The predicted octanol–water partition coefficient (Wildman–Crippen LogP) is 3.26. The van der Waals surface area contributed by atoms with Crippen LogP contribution in [0.15, 0.2) is 34.7 Å².